The Morgan fingerprint density at radius 1 is 1.00 bits per heavy atom. The van der Waals surface area contributed by atoms with Gasteiger partial charge in [-0.2, -0.15) is 0 Å². The summed E-state index contributed by atoms with van der Waals surface area (Å²) in [6.07, 6.45) is 5.05. The fraction of sp³-hybridized carbons (Fsp3) is 0.312. The van der Waals surface area contributed by atoms with Crippen LogP contribution in [-0.2, 0) is 9.59 Å². The lowest BCUT2D eigenvalue weighted by Gasteiger charge is -2.17. The maximum Gasteiger partial charge on any atom is 0.252 e. The van der Waals surface area contributed by atoms with Crippen LogP contribution in [0.4, 0.5) is 5.69 Å². The van der Waals surface area contributed by atoms with Gasteiger partial charge < -0.3 is 0 Å². The molecule has 0 N–H and O–H groups in total. The smallest absolute Gasteiger partial charge is 0.252 e. The molecule has 4 nitrogen and oxygen atoms in total. The number of anilines is 1. The number of benzene rings is 1. The standard InChI is InChI=1S/C16H12ClNO3/c17-14(19)8-3-5-11(6-4-8)18-15(20)12-9-1-2-10(7-9)13(12)16(18)21/h1-6,9-10,12-13H,7H2/t9-,10-,12-,13+/m0/s1. The first-order valence-corrected chi connectivity index (χ1v) is 7.32. The van der Waals surface area contributed by atoms with Crippen molar-refractivity contribution in [2.45, 2.75) is 6.42 Å². The number of fused-ring (bicyclic) bond motifs is 5. The molecule has 0 unspecified atom stereocenters. The predicted molar refractivity (Wildman–Crippen MR) is 76.8 cm³/mol. The lowest BCUT2D eigenvalue weighted by Crippen LogP contribution is -2.32. The van der Waals surface area contributed by atoms with Crippen molar-refractivity contribution in [2.24, 2.45) is 23.7 Å². The fourth-order valence-electron chi connectivity index (χ4n) is 3.90. The number of rotatable bonds is 2. The number of carbonyl (C=O) groups excluding carboxylic acids is 3. The molecule has 0 aromatic heterocycles. The Morgan fingerprint density at radius 2 is 1.52 bits per heavy atom. The van der Waals surface area contributed by atoms with E-state index in [4.69, 9.17) is 11.6 Å². The number of amides is 2. The molecule has 2 aliphatic carbocycles. The lowest BCUT2D eigenvalue weighted by atomic mass is 9.85. The van der Waals surface area contributed by atoms with Gasteiger partial charge in [0.2, 0.25) is 11.8 Å². The summed E-state index contributed by atoms with van der Waals surface area (Å²) in [5.74, 6) is -0.252. The van der Waals surface area contributed by atoms with Gasteiger partial charge in [0, 0.05) is 5.56 Å². The number of imide groups is 1. The van der Waals surface area contributed by atoms with Gasteiger partial charge in [0.15, 0.2) is 0 Å². The molecular weight excluding hydrogens is 290 g/mol. The Balaban J connectivity index is 1.69. The highest BCUT2D eigenvalue weighted by Crippen LogP contribution is 2.53. The van der Waals surface area contributed by atoms with Crippen molar-refractivity contribution in [1.29, 1.82) is 0 Å². The molecule has 0 radical (unpaired) electrons. The van der Waals surface area contributed by atoms with Gasteiger partial charge in [-0.1, -0.05) is 12.2 Å². The summed E-state index contributed by atoms with van der Waals surface area (Å²) < 4.78 is 0. The molecule has 2 fully saturated rings. The van der Waals surface area contributed by atoms with Crippen molar-refractivity contribution < 1.29 is 14.4 Å². The van der Waals surface area contributed by atoms with E-state index >= 15 is 0 Å². The Labute approximate surface area is 126 Å². The zero-order valence-corrected chi connectivity index (χ0v) is 11.8. The summed E-state index contributed by atoms with van der Waals surface area (Å²) in [5, 5.41) is -0.556. The van der Waals surface area contributed by atoms with E-state index in [9.17, 15) is 14.4 Å². The SMILES string of the molecule is O=C(Cl)c1ccc(N2C(=O)[C@@H]3[C@H](C2=O)[C@H]2C=C[C@H]3C2)cc1. The van der Waals surface area contributed by atoms with Crippen molar-refractivity contribution in [1.82, 2.24) is 0 Å². The summed E-state index contributed by atoms with van der Waals surface area (Å²) in [4.78, 5) is 37.5. The lowest BCUT2D eigenvalue weighted by molar-refractivity contribution is -0.123. The summed E-state index contributed by atoms with van der Waals surface area (Å²) in [6, 6.07) is 6.27. The molecule has 0 spiro atoms. The first-order chi connectivity index (χ1) is 10.1. The van der Waals surface area contributed by atoms with E-state index in [2.05, 4.69) is 12.2 Å². The fourth-order valence-corrected chi connectivity index (χ4v) is 4.02. The molecule has 2 amide bonds. The van der Waals surface area contributed by atoms with Gasteiger partial charge in [-0.25, -0.2) is 0 Å². The highest BCUT2D eigenvalue weighted by Gasteiger charge is 2.59. The molecule has 1 aromatic rings. The number of halogens is 1. The normalized spacial score (nSPS) is 32.9. The Morgan fingerprint density at radius 3 is 2.00 bits per heavy atom. The van der Waals surface area contributed by atoms with Gasteiger partial charge >= 0.3 is 0 Å². The van der Waals surface area contributed by atoms with Gasteiger partial charge in [-0.05, 0) is 54.1 Å². The quantitative estimate of drug-likeness (QED) is 0.479. The predicted octanol–water partition coefficient (Wildman–Crippen LogP) is 2.38. The van der Waals surface area contributed by atoms with Gasteiger partial charge in [0.25, 0.3) is 5.24 Å². The van der Waals surface area contributed by atoms with Crippen molar-refractivity contribution in [3.63, 3.8) is 0 Å². The Bertz CT molecular complexity index is 664. The van der Waals surface area contributed by atoms with Crippen LogP contribution in [0, 0.1) is 23.7 Å². The molecule has 106 valence electrons. The Hall–Kier alpha value is -1.94. The number of hydrogen-bond donors (Lipinski definition) is 0. The van der Waals surface area contributed by atoms with Crippen LogP contribution in [0.5, 0.6) is 0 Å². The molecule has 4 rings (SSSR count). The van der Waals surface area contributed by atoms with Crippen LogP contribution in [-0.4, -0.2) is 17.1 Å². The average Bonchev–Trinajstić information content (AvgIpc) is 3.13. The monoisotopic (exact) mass is 301 g/mol. The largest absolute Gasteiger partial charge is 0.276 e. The highest BCUT2D eigenvalue weighted by molar-refractivity contribution is 6.67. The van der Waals surface area contributed by atoms with Crippen LogP contribution in [0.15, 0.2) is 36.4 Å². The molecule has 1 saturated carbocycles. The van der Waals surface area contributed by atoms with Gasteiger partial charge in [-0.3, -0.25) is 19.3 Å². The van der Waals surface area contributed by atoms with Crippen LogP contribution in [0.3, 0.4) is 0 Å². The second kappa shape index (κ2) is 4.28. The molecule has 21 heavy (non-hydrogen) atoms. The third-order valence-electron chi connectivity index (χ3n) is 4.82. The second-order valence-corrected chi connectivity index (χ2v) is 6.18. The number of carbonyl (C=O) groups is 3. The highest BCUT2D eigenvalue weighted by atomic mass is 35.5. The third kappa shape index (κ3) is 1.65. The van der Waals surface area contributed by atoms with Crippen LogP contribution < -0.4 is 4.90 Å². The van der Waals surface area contributed by atoms with E-state index in [0.29, 0.717) is 11.3 Å². The molecule has 5 heteroatoms. The molecule has 1 saturated heterocycles. The van der Waals surface area contributed by atoms with Crippen molar-refractivity contribution in [3.05, 3.63) is 42.0 Å². The summed E-state index contributed by atoms with van der Waals surface area (Å²) >= 11 is 5.40. The molecule has 1 aromatic carbocycles. The van der Waals surface area contributed by atoms with Crippen LogP contribution in [0.1, 0.15) is 16.8 Å². The van der Waals surface area contributed by atoms with E-state index in [1.165, 1.54) is 17.0 Å². The van der Waals surface area contributed by atoms with Crippen molar-refractivity contribution >= 4 is 34.3 Å². The zero-order valence-electron chi connectivity index (χ0n) is 11.0. The van der Waals surface area contributed by atoms with Crippen LogP contribution >= 0.6 is 11.6 Å². The molecule has 2 bridgehead atoms. The number of allylic oxidation sites excluding steroid dienone is 2. The minimum absolute atomic E-state index is 0.119. The number of nitrogens with zero attached hydrogens (tertiary/aromatic N) is 1. The van der Waals surface area contributed by atoms with E-state index in [-0.39, 0.29) is 35.5 Å². The number of hydrogen-bond acceptors (Lipinski definition) is 3. The van der Waals surface area contributed by atoms with Crippen LogP contribution in [0.25, 0.3) is 0 Å². The van der Waals surface area contributed by atoms with Gasteiger partial charge in [0.1, 0.15) is 0 Å². The van der Waals surface area contributed by atoms with Crippen molar-refractivity contribution in [2.75, 3.05) is 4.90 Å². The minimum Gasteiger partial charge on any atom is -0.276 e. The van der Waals surface area contributed by atoms with E-state index in [0.717, 1.165) is 6.42 Å². The van der Waals surface area contributed by atoms with Crippen molar-refractivity contribution in [3.8, 4) is 0 Å². The summed E-state index contributed by atoms with van der Waals surface area (Å²) in [7, 11) is 0. The molecule has 4 atom stereocenters. The first kappa shape index (κ1) is 12.8. The van der Waals surface area contributed by atoms with E-state index in [1.807, 2.05) is 0 Å². The van der Waals surface area contributed by atoms with Crippen LogP contribution in [0.2, 0.25) is 0 Å². The molecule has 1 heterocycles. The summed E-state index contributed by atoms with van der Waals surface area (Å²) in [5.41, 5.74) is 0.863. The first-order valence-electron chi connectivity index (χ1n) is 6.94. The van der Waals surface area contributed by atoms with E-state index in [1.54, 1.807) is 12.1 Å². The third-order valence-corrected chi connectivity index (χ3v) is 5.04. The van der Waals surface area contributed by atoms with Gasteiger partial charge in [0.05, 0.1) is 17.5 Å². The maximum atomic E-state index is 12.6. The Kier molecular flexibility index (Phi) is 2.60. The summed E-state index contributed by atoms with van der Waals surface area (Å²) in [6.45, 7) is 0. The molecule has 1 aliphatic heterocycles. The van der Waals surface area contributed by atoms with Gasteiger partial charge in [-0.15, -0.1) is 0 Å². The molecule has 3 aliphatic rings. The topological polar surface area (TPSA) is 54.5 Å². The second-order valence-electron chi connectivity index (χ2n) is 5.83. The zero-order chi connectivity index (χ0) is 14.7. The average molecular weight is 302 g/mol. The molecular formula is C16H12ClNO3. The maximum absolute atomic E-state index is 12.6. The van der Waals surface area contributed by atoms with E-state index < -0.39 is 5.24 Å². The minimum atomic E-state index is -0.556.